The highest BCUT2D eigenvalue weighted by atomic mass is 16.5. The summed E-state index contributed by atoms with van der Waals surface area (Å²) in [6.07, 6.45) is 7.24. The van der Waals surface area contributed by atoms with Gasteiger partial charge in [-0.15, -0.1) is 0 Å². The zero-order chi connectivity index (χ0) is 14.4. The fourth-order valence-corrected chi connectivity index (χ4v) is 2.70. The number of anilines is 1. The molecule has 4 nitrogen and oxygen atoms in total. The molecule has 0 spiro atoms. The molecule has 0 radical (unpaired) electrons. The Kier molecular flexibility index (Phi) is 5.27. The summed E-state index contributed by atoms with van der Waals surface area (Å²) < 4.78 is 5.52. The summed E-state index contributed by atoms with van der Waals surface area (Å²) in [5.74, 6) is 0.687. The molecule has 4 heteroatoms. The molecular formula is C16H24N2O2. The third-order valence-corrected chi connectivity index (χ3v) is 3.99. The lowest BCUT2D eigenvalue weighted by Gasteiger charge is -2.27. The molecule has 1 amide bonds. The Labute approximate surface area is 120 Å². The molecule has 110 valence electrons. The minimum atomic E-state index is 0.0410. The van der Waals surface area contributed by atoms with Crippen LogP contribution in [0.2, 0.25) is 0 Å². The lowest BCUT2D eigenvalue weighted by molar-refractivity contribution is -0.134. The first-order chi connectivity index (χ1) is 9.66. The molecule has 0 aliphatic heterocycles. The zero-order valence-corrected chi connectivity index (χ0v) is 12.2. The van der Waals surface area contributed by atoms with Gasteiger partial charge in [-0.2, -0.15) is 0 Å². The van der Waals surface area contributed by atoms with Gasteiger partial charge in [-0.3, -0.25) is 4.79 Å². The van der Waals surface area contributed by atoms with E-state index in [1.54, 1.807) is 12.1 Å². The van der Waals surface area contributed by atoms with Crippen LogP contribution in [0.3, 0.4) is 0 Å². The maximum Gasteiger partial charge on any atom is 0.260 e. The summed E-state index contributed by atoms with van der Waals surface area (Å²) in [5, 5.41) is 0. The highest BCUT2D eigenvalue weighted by Gasteiger charge is 2.21. The van der Waals surface area contributed by atoms with Crippen LogP contribution in [0.15, 0.2) is 24.3 Å². The molecule has 0 heterocycles. The molecule has 0 bridgehead atoms. The summed E-state index contributed by atoms with van der Waals surface area (Å²) in [7, 11) is 1.89. The summed E-state index contributed by atoms with van der Waals surface area (Å²) in [4.78, 5) is 14.0. The molecule has 0 atom stereocenters. The standard InChI is InChI=1S/C16H24N2O2/c1-18(14-8-4-2-3-5-9-14)16(19)12-20-15-10-6-7-13(17)11-15/h6-7,10-11,14H,2-5,8-9,12,17H2,1H3. The van der Waals surface area contributed by atoms with Crippen molar-refractivity contribution in [3.63, 3.8) is 0 Å². The Morgan fingerprint density at radius 3 is 2.65 bits per heavy atom. The smallest absolute Gasteiger partial charge is 0.260 e. The largest absolute Gasteiger partial charge is 0.484 e. The van der Waals surface area contributed by atoms with E-state index in [1.165, 1.54) is 25.7 Å². The number of carbonyl (C=O) groups is 1. The van der Waals surface area contributed by atoms with Gasteiger partial charge in [0.25, 0.3) is 5.91 Å². The van der Waals surface area contributed by atoms with Crippen molar-refractivity contribution in [1.82, 2.24) is 4.90 Å². The van der Waals surface area contributed by atoms with Gasteiger partial charge < -0.3 is 15.4 Å². The van der Waals surface area contributed by atoms with Crippen molar-refractivity contribution < 1.29 is 9.53 Å². The van der Waals surface area contributed by atoms with Crippen LogP contribution in [0.5, 0.6) is 5.75 Å². The molecule has 0 unspecified atom stereocenters. The van der Waals surface area contributed by atoms with Crippen molar-refractivity contribution >= 4 is 11.6 Å². The van der Waals surface area contributed by atoms with E-state index in [9.17, 15) is 4.79 Å². The van der Waals surface area contributed by atoms with E-state index in [-0.39, 0.29) is 12.5 Å². The Hall–Kier alpha value is -1.71. The molecule has 1 aromatic carbocycles. The number of hydrogen-bond acceptors (Lipinski definition) is 3. The number of nitrogens with two attached hydrogens (primary N) is 1. The minimum absolute atomic E-state index is 0.0410. The maximum atomic E-state index is 12.2. The highest BCUT2D eigenvalue weighted by molar-refractivity contribution is 5.77. The van der Waals surface area contributed by atoms with Gasteiger partial charge in [-0.1, -0.05) is 31.7 Å². The molecule has 1 aliphatic carbocycles. The lowest BCUT2D eigenvalue weighted by Crippen LogP contribution is -2.39. The molecule has 20 heavy (non-hydrogen) atoms. The van der Waals surface area contributed by atoms with Gasteiger partial charge in [0.2, 0.25) is 0 Å². The monoisotopic (exact) mass is 276 g/mol. The van der Waals surface area contributed by atoms with Gasteiger partial charge in [0.1, 0.15) is 5.75 Å². The average Bonchev–Trinajstić information content (AvgIpc) is 2.73. The first-order valence-electron chi connectivity index (χ1n) is 7.41. The summed E-state index contributed by atoms with van der Waals surface area (Å²) >= 11 is 0. The third-order valence-electron chi connectivity index (χ3n) is 3.99. The van der Waals surface area contributed by atoms with Crippen LogP contribution in [0, 0.1) is 0 Å². The van der Waals surface area contributed by atoms with Gasteiger partial charge in [0, 0.05) is 24.8 Å². The van der Waals surface area contributed by atoms with Gasteiger partial charge >= 0.3 is 0 Å². The predicted molar refractivity (Wildman–Crippen MR) is 80.6 cm³/mol. The van der Waals surface area contributed by atoms with Crippen LogP contribution < -0.4 is 10.5 Å². The van der Waals surface area contributed by atoms with E-state index in [0.29, 0.717) is 17.5 Å². The first-order valence-corrected chi connectivity index (χ1v) is 7.41. The fraction of sp³-hybridized carbons (Fsp3) is 0.562. The Morgan fingerprint density at radius 2 is 2.00 bits per heavy atom. The molecule has 1 saturated carbocycles. The second-order valence-corrected chi connectivity index (χ2v) is 5.51. The third kappa shape index (κ3) is 4.15. The zero-order valence-electron chi connectivity index (χ0n) is 12.2. The van der Waals surface area contributed by atoms with Crippen LogP contribution in [0.1, 0.15) is 38.5 Å². The van der Waals surface area contributed by atoms with Crippen LogP contribution in [0.4, 0.5) is 5.69 Å². The maximum absolute atomic E-state index is 12.2. The van der Waals surface area contributed by atoms with Crippen LogP contribution in [-0.2, 0) is 4.79 Å². The second kappa shape index (κ2) is 7.17. The van der Waals surface area contributed by atoms with E-state index in [4.69, 9.17) is 10.5 Å². The number of nitrogen functional groups attached to an aromatic ring is 1. The molecule has 2 N–H and O–H groups in total. The minimum Gasteiger partial charge on any atom is -0.484 e. The van der Waals surface area contributed by atoms with E-state index in [1.807, 2.05) is 24.1 Å². The lowest BCUT2D eigenvalue weighted by atomic mass is 10.1. The average molecular weight is 276 g/mol. The van der Waals surface area contributed by atoms with Crippen molar-refractivity contribution in [1.29, 1.82) is 0 Å². The number of benzene rings is 1. The van der Waals surface area contributed by atoms with Gasteiger partial charge in [-0.25, -0.2) is 0 Å². The molecule has 1 aliphatic rings. The number of likely N-dealkylation sites (N-methyl/N-ethyl adjacent to an activating group) is 1. The molecule has 0 saturated heterocycles. The quantitative estimate of drug-likeness (QED) is 0.679. The van der Waals surface area contributed by atoms with Crippen LogP contribution in [-0.4, -0.2) is 30.5 Å². The van der Waals surface area contributed by atoms with E-state index in [0.717, 1.165) is 12.8 Å². The van der Waals surface area contributed by atoms with Crippen LogP contribution in [0.25, 0.3) is 0 Å². The number of hydrogen-bond donors (Lipinski definition) is 1. The highest BCUT2D eigenvalue weighted by Crippen LogP contribution is 2.21. The van der Waals surface area contributed by atoms with Gasteiger partial charge in [0.15, 0.2) is 6.61 Å². The topological polar surface area (TPSA) is 55.6 Å². The second-order valence-electron chi connectivity index (χ2n) is 5.51. The number of ether oxygens (including phenoxy) is 1. The van der Waals surface area contributed by atoms with E-state index >= 15 is 0 Å². The van der Waals surface area contributed by atoms with Crippen molar-refractivity contribution in [2.75, 3.05) is 19.4 Å². The number of rotatable bonds is 4. The fourth-order valence-electron chi connectivity index (χ4n) is 2.70. The summed E-state index contributed by atoms with van der Waals surface area (Å²) in [6, 6.07) is 7.54. The van der Waals surface area contributed by atoms with Gasteiger partial charge in [0.05, 0.1) is 0 Å². The first kappa shape index (κ1) is 14.7. The molecule has 1 fully saturated rings. The molecule has 1 aromatic rings. The number of carbonyl (C=O) groups excluding carboxylic acids is 1. The molecular weight excluding hydrogens is 252 g/mol. The van der Waals surface area contributed by atoms with Crippen molar-refractivity contribution in [2.24, 2.45) is 0 Å². The summed E-state index contributed by atoms with van der Waals surface area (Å²) in [6.45, 7) is 0.0798. The Morgan fingerprint density at radius 1 is 1.30 bits per heavy atom. The molecule has 2 rings (SSSR count). The van der Waals surface area contributed by atoms with Crippen molar-refractivity contribution in [3.05, 3.63) is 24.3 Å². The SMILES string of the molecule is CN(C(=O)COc1cccc(N)c1)C1CCCCCC1. The van der Waals surface area contributed by atoms with Crippen molar-refractivity contribution in [2.45, 2.75) is 44.6 Å². The summed E-state index contributed by atoms with van der Waals surface area (Å²) in [5.41, 5.74) is 6.33. The van der Waals surface area contributed by atoms with Crippen LogP contribution >= 0.6 is 0 Å². The van der Waals surface area contributed by atoms with Gasteiger partial charge in [-0.05, 0) is 25.0 Å². The van der Waals surface area contributed by atoms with E-state index in [2.05, 4.69) is 0 Å². The van der Waals surface area contributed by atoms with Crippen molar-refractivity contribution in [3.8, 4) is 5.75 Å². The van der Waals surface area contributed by atoms with E-state index < -0.39 is 0 Å². The normalized spacial score (nSPS) is 16.4. The molecule has 0 aromatic heterocycles. The Bertz CT molecular complexity index is 440. The number of nitrogens with zero attached hydrogens (tertiary/aromatic N) is 1. The predicted octanol–water partition coefficient (Wildman–Crippen LogP) is 2.83. The Balaban J connectivity index is 1.84. The number of amides is 1.